The molecule has 0 aliphatic carbocycles. The lowest BCUT2D eigenvalue weighted by Gasteiger charge is -2.10. The fourth-order valence-corrected chi connectivity index (χ4v) is 3.43. The second-order valence-electron chi connectivity index (χ2n) is 6.10. The fraction of sp³-hybridized carbons (Fsp3) is 0.182. The third kappa shape index (κ3) is 2.16. The van der Waals surface area contributed by atoms with E-state index in [4.69, 9.17) is 0 Å². The Hall–Kier alpha value is -2.34. The van der Waals surface area contributed by atoms with Gasteiger partial charge in [0.1, 0.15) is 0 Å². The Kier molecular flexibility index (Phi) is 3.31. The minimum Gasteiger partial charge on any atom is -0.0654 e. The SMILES string of the molecule is CCCCc1cccc2cc3c(ccc4ccccc43)cc12. The van der Waals surface area contributed by atoms with Crippen LogP contribution in [0.4, 0.5) is 0 Å². The molecule has 0 aromatic heterocycles. The lowest BCUT2D eigenvalue weighted by molar-refractivity contribution is 0.799. The van der Waals surface area contributed by atoms with E-state index in [1.165, 1.54) is 57.1 Å². The second-order valence-corrected chi connectivity index (χ2v) is 6.10. The van der Waals surface area contributed by atoms with Gasteiger partial charge < -0.3 is 0 Å². The summed E-state index contributed by atoms with van der Waals surface area (Å²) in [7, 11) is 0. The second kappa shape index (κ2) is 5.46. The number of fused-ring (bicyclic) bond motifs is 4. The molecule has 0 fully saturated rings. The van der Waals surface area contributed by atoms with Gasteiger partial charge in [0.05, 0.1) is 0 Å². The van der Waals surface area contributed by atoms with Crippen molar-refractivity contribution in [3.05, 3.63) is 72.3 Å². The zero-order valence-electron chi connectivity index (χ0n) is 13.0. The summed E-state index contributed by atoms with van der Waals surface area (Å²) in [6.07, 6.45) is 3.68. The first-order valence-corrected chi connectivity index (χ1v) is 8.20. The van der Waals surface area contributed by atoms with Gasteiger partial charge in [0.25, 0.3) is 0 Å². The van der Waals surface area contributed by atoms with Crippen LogP contribution in [0.5, 0.6) is 0 Å². The quantitative estimate of drug-likeness (QED) is 0.298. The minimum atomic E-state index is 1.17. The molecule has 0 aliphatic heterocycles. The van der Waals surface area contributed by atoms with Crippen LogP contribution < -0.4 is 0 Å². The van der Waals surface area contributed by atoms with Gasteiger partial charge in [-0.1, -0.05) is 67.9 Å². The van der Waals surface area contributed by atoms with Crippen molar-refractivity contribution < 1.29 is 0 Å². The molecular formula is C22H20. The van der Waals surface area contributed by atoms with E-state index in [-0.39, 0.29) is 0 Å². The van der Waals surface area contributed by atoms with Crippen LogP contribution in [-0.2, 0) is 6.42 Å². The monoisotopic (exact) mass is 284 g/mol. The van der Waals surface area contributed by atoms with Crippen LogP contribution in [0.1, 0.15) is 25.3 Å². The van der Waals surface area contributed by atoms with Gasteiger partial charge in [-0.25, -0.2) is 0 Å². The predicted octanol–water partition coefficient (Wildman–Crippen LogP) is 6.49. The molecule has 108 valence electrons. The van der Waals surface area contributed by atoms with Crippen LogP contribution in [0, 0.1) is 0 Å². The molecule has 0 heterocycles. The van der Waals surface area contributed by atoms with Crippen molar-refractivity contribution in [2.45, 2.75) is 26.2 Å². The van der Waals surface area contributed by atoms with E-state index in [1.54, 1.807) is 0 Å². The lowest BCUT2D eigenvalue weighted by Crippen LogP contribution is -1.88. The molecule has 4 aromatic carbocycles. The van der Waals surface area contributed by atoms with Crippen molar-refractivity contribution >= 4 is 32.3 Å². The van der Waals surface area contributed by atoms with Gasteiger partial charge in [-0.3, -0.25) is 0 Å². The molecule has 0 N–H and O–H groups in total. The van der Waals surface area contributed by atoms with Gasteiger partial charge in [0.15, 0.2) is 0 Å². The van der Waals surface area contributed by atoms with Crippen molar-refractivity contribution in [2.24, 2.45) is 0 Å². The Morgan fingerprint density at radius 3 is 2.27 bits per heavy atom. The van der Waals surface area contributed by atoms with Crippen molar-refractivity contribution in [1.82, 2.24) is 0 Å². The number of aryl methyl sites for hydroxylation is 1. The predicted molar refractivity (Wildman–Crippen MR) is 97.6 cm³/mol. The highest BCUT2D eigenvalue weighted by Gasteiger charge is 2.05. The molecule has 0 unspecified atom stereocenters. The summed E-state index contributed by atoms with van der Waals surface area (Å²) in [6.45, 7) is 2.26. The summed E-state index contributed by atoms with van der Waals surface area (Å²) in [5.74, 6) is 0. The first kappa shape index (κ1) is 13.3. The Balaban J connectivity index is 2.03. The maximum atomic E-state index is 2.38. The molecule has 0 nitrogen and oxygen atoms in total. The van der Waals surface area contributed by atoms with Crippen LogP contribution in [0.25, 0.3) is 32.3 Å². The molecular weight excluding hydrogens is 264 g/mol. The highest BCUT2D eigenvalue weighted by molar-refractivity contribution is 6.12. The minimum absolute atomic E-state index is 1.17. The van der Waals surface area contributed by atoms with Crippen LogP contribution in [-0.4, -0.2) is 0 Å². The van der Waals surface area contributed by atoms with E-state index in [9.17, 15) is 0 Å². The van der Waals surface area contributed by atoms with E-state index in [0.717, 1.165) is 0 Å². The third-order valence-corrected chi connectivity index (χ3v) is 4.63. The molecule has 0 spiro atoms. The Morgan fingerprint density at radius 2 is 1.36 bits per heavy atom. The van der Waals surface area contributed by atoms with E-state index in [2.05, 4.69) is 73.7 Å². The third-order valence-electron chi connectivity index (χ3n) is 4.63. The number of unbranched alkanes of at least 4 members (excludes halogenated alkanes) is 1. The number of benzene rings is 4. The molecule has 22 heavy (non-hydrogen) atoms. The topological polar surface area (TPSA) is 0 Å². The summed E-state index contributed by atoms with van der Waals surface area (Å²) in [5.41, 5.74) is 1.48. The first-order valence-electron chi connectivity index (χ1n) is 8.20. The molecule has 0 amide bonds. The van der Waals surface area contributed by atoms with E-state index in [0.29, 0.717) is 0 Å². The molecule has 0 radical (unpaired) electrons. The maximum absolute atomic E-state index is 2.38. The summed E-state index contributed by atoms with van der Waals surface area (Å²) < 4.78 is 0. The van der Waals surface area contributed by atoms with E-state index < -0.39 is 0 Å². The lowest BCUT2D eigenvalue weighted by atomic mass is 9.94. The number of hydrogen-bond acceptors (Lipinski definition) is 0. The summed E-state index contributed by atoms with van der Waals surface area (Å²) in [6, 6.07) is 24.6. The Bertz CT molecular complexity index is 963. The van der Waals surface area contributed by atoms with Crippen molar-refractivity contribution in [3.63, 3.8) is 0 Å². The fourth-order valence-electron chi connectivity index (χ4n) is 3.43. The molecule has 0 saturated carbocycles. The maximum Gasteiger partial charge on any atom is -0.00990 e. The standard InChI is InChI=1S/C22H20/c1-2-3-7-16-9-6-10-18-15-22-19(14-21(16)18)13-12-17-8-4-5-11-20(17)22/h4-6,8-15H,2-3,7H2,1H3. The molecule has 4 rings (SSSR count). The highest BCUT2D eigenvalue weighted by atomic mass is 14.1. The van der Waals surface area contributed by atoms with Gasteiger partial charge in [-0.05, 0) is 62.9 Å². The van der Waals surface area contributed by atoms with Gasteiger partial charge in [-0.2, -0.15) is 0 Å². The molecule has 0 atom stereocenters. The normalized spacial score (nSPS) is 11.5. The zero-order chi connectivity index (χ0) is 14.9. The average molecular weight is 284 g/mol. The van der Waals surface area contributed by atoms with E-state index >= 15 is 0 Å². The van der Waals surface area contributed by atoms with Crippen LogP contribution in [0.15, 0.2) is 66.7 Å². The van der Waals surface area contributed by atoms with Crippen molar-refractivity contribution in [1.29, 1.82) is 0 Å². The van der Waals surface area contributed by atoms with Gasteiger partial charge in [0, 0.05) is 0 Å². The van der Waals surface area contributed by atoms with E-state index in [1.807, 2.05) is 0 Å². The number of rotatable bonds is 3. The van der Waals surface area contributed by atoms with Crippen molar-refractivity contribution in [3.8, 4) is 0 Å². The Labute approximate surface area is 131 Å². The number of hydrogen-bond donors (Lipinski definition) is 0. The molecule has 0 aliphatic rings. The van der Waals surface area contributed by atoms with Crippen LogP contribution >= 0.6 is 0 Å². The van der Waals surface area contributed by atoms with Crippen LogP contribution in [0.3, 0.4) is 0 Å². The van der Waals surface area contributed by atoms with Gasteiger partial charge >= 0.3 is 0 Å². The summed E-state index contributed by atoms with van der Waals surface area (Å²) in [5, 5.41) is 8.14. The Morgan fingerprint density at radius 1 is 0.636 bits per heavy atom. The van der Waals surface area contributed by atoms with Gasteiger partial charge in [0.2, 0.25) is 0 Å². The van der Waals surface area contributed by atoms with Crippen molar-refractivity contribution in [2.75, 3.05) is 0 Å². The smallest absolute Gasteiger partial charge is 0.00990 e. The largest absolute Gasteiger partial charge is 0.0654 e. The molecule has 0 bridgehead atoms. The molecule has 0 saturated heterocycles. The van der Waals surface area contributed by atoms with Gasteiger partial charge in [-0.15, -0.1) is 0 Å². The zero-order valence-corrected chi connectivity index (χ0v) is 13.0. The summed E-state index contributed by atoms with van der Waals surface area (Å²) in [4.78, 5) is 0. The average Bonchev–Trinajstić information content (AvgIpc) is 2.58. The van der Waals surface area contributed by atoms with Crippen LogP contribution in [0.2, 0.25) is 0 Å². The molecule has 4 aromatic rings. The molecule has 0 heteroatoms. The highest BCUT2D eigenvalue weighted by Crippen LogP contribution is 2.31. The summed E-state index contributed by atoms with van der Waals surface area (Å²) >= 11 is 0. The first-order chi connectivity index (χ1) is 10.9.